The number of sulfonamides is 1. The summed E-state index contributed by atoms with van der Waals surface area (Å²) in [6.07, 6.45) is 0. The summed E-state index contributed by atoms with van der Waals surface area (Å²) in [6.45, 7) is 0. The summed E-state index contributed by atoms with van der Waals surface area (Å²) in [5, 5.41) is 8.68. The molecule has 0 aliphatic rings. The van der Waals surface area contributed by atoms with E-state index in [-0.39, 0.29) is 10.6 Å². The zero-order valence-electron chi connectivity index (χ0n) is 11.7. The minimum absolute atomic E-state index is 0.0445. The normalized spacial score (nSPS) is 11.1. The Morgan fingerprint density at radius 1 is 1.17 bits per heavy atom. The molecule has 0 saturated carbocycles. The van der Waals surface area contributed by atoms with Gasteiger partial charge in [-0.25, -0.2) is 22.0 Å². The lowest BCUT2D eigenvalue weighted by atomic mass is 10.2. The van der Waals surface area contributed by atoms with Crippen LogP contribution in [0.4, 0.5) is 14.5 Å². The number of hydrogen-bond acceptors (Lipinski definition) is 4. The van der Waals surface area contributed by atoms with Gasteiger partial charge in [0.05, 0.1) is 12.8 Å². The minimum Gasteiger partial charge on any atom is -0.495 e. The molecule has 0 atom stereocenters. The van der Waals surface area contributed by atoms with Crippen molar-refractivity contribution in [1.29, 1.82) is 0 Å². The van der Waals surface area contributed by atoms with Gasteiger partial charge in [0.25, 0.3) is 10.0 Å². The number of ether oxygens (including phenoxy) is 1. The Kier molecular flexibility index (Phi) is 4.50. The highest BCUT2D eigenvalue weighted by Crippen LogP contribution is 2.26. The molecular weight excluding hydrogens is 332 g/mol. The molecule has 2 aromatic carbocycles. The van der Waals surface area contributed by atoms with E-state index in [1.54, 1.807) is 6.07 Å². The van der Waals surface area contributed by atoms with E-state index in [1.165, 1.54) is 25.3 Å². The van der Waals surface area contributed by atoms with E-state index in [4.69, 9.17) is 9.84 Å². The van der Waals surface area contributed by atoms with Crippen LogP contribution >= 0.6 is 0 Å². The lowest BCUT2D eigenvalue weighted by Crippen LogP contribution is -2.15. The number of hydrogen-bond donors (Lipinski definition) is 2. The van der Waals surface area contributed by atoms with Crippen molar-refractivity contribution >= 4 is 21.7 Å². The Labute approximate surface area is 130 Å². The number of carboxylic acids is 1. The third kappa shape index (κ3) is 3.39. The summed E-state index contributed by atoms with van der Waals surface area (Å²) in [7, 11) is -2.91. The summed E-state index contributed by atoms with van der Waals surface area (Å²) >= 11 is 0. The Hall–Kier alpha value is -2.68. The Balaban J connectivity index is 2.44. The maximum Gasteiger partial charge on any atom is 0.341 e. The first-order chi connectivity index (χ1) is 10.8. The molecule has 0 aliphatic heterocycles. The van der Waals surface area contributed by atoms with E-state index in [0.29, 0.717) is 12.1 Å². The first-order valence-corrected chi connectivity index (χ1v) is 7.62. The van der Waals surface area contributed by atoms with Crippen molar-refractivity contribution < 1.29 is 31.8 Å². The highest BCUT2D eigenvalue weighted by atomic mass is 32.2. The highest BCUT2D eigenvalue weighted by molar-refractivity contribution is 7.92. The van der Waals surface area contributed by atoms with Crippen molar-refractivity contribution in [2.45, 2.75) is 4.90 Å². The topological polar surface area (TPSA) is 92.7 Å². The van der Waals surface area contributed by atoms with Crippen molar-refractivity contribution in [1.82, 2.24) is 0 Å². The van der Waals surface area contributed by atoms with Crippen LogP contribution in [0.15, 0.2) is 41.3 Å². The second-order valence-electron chi connectivity index (χ2n) is 4.38. The molecule has 23 heavy (non-hydrogen) atoms. The molecule has 0 radical (unpaired) electrons. The predicted octanol–water partition coefficient (Wildman–Crippen LogP) is 2.47. The quantitative estimate of drug-likeness (QED) is 0.870. The molecule has 0 saturated heterocycles. The Morgan fingerprint density at radius 2 is 1.74 bits per heavy atom. The maximum atomic E-state index is 13.6. The number of carbonyl (C=O) groups is 1. The summed E-state index contributed by atoms with van der Waals surface area (Å²) in [5.74, 6) is -4.53. The zero-order chi connectivity index (χ0) is 17.2. The molecule has 0 spiro atoms. The molecule has 0 amide bonds. The average Bonchev–Trinajstić information content (AvgIpc) is 2.45. The molecular formula is C14H11F2NO5S. The van der Waals surface area contributed by atoms with Crippen LogP contribution in [-0.2, 0) is 10.0 Å². The van der Waals surface area contributed by atoms with Crippen molar-refractivity contribution in [3.63, 3.8) is 0 Å². The van der Waals surface area contributed by atoms with E-state index in [2.05, 4.69) is 0 Å². The Morgan fingerprint density at radius 3 is 2.26 bits per heavy atom. The number of carboxylic acid groups (broad SMARTS) is 1. The van der Waals surface area contributed by atoms with Gasteiger partial charge in [-0.2, -0.15) is 0 Å². The van der Waals surface area contributed by atoms with Crippen LogP contribution in [0.3, 0.4) is 0 Å². The summed E-state index contributed by atoms with van der Waals surface area (Å²) < 4.78 is 58.6. The van der Waals surface area contributed by atoms with E-state index >= 15 is 0 Å². The molecule has 6 nitrogen and oxygen atoms in total. The average molecular weight is 343 g/mol. The molecule has 0 unspecified atom stereocenters. The van der Waals surface area contributed by atoms with E-state index in [1.807, 2.05) is 4.72 Å². The van der Waals surface area contributed by atoms with Crippen LogP contribution < -0.4 is 9.46 Å². The summed E-state index contributed by atoms with van der Waals surface area (Å²) in [4.78, 5) is 10.5. The van der Waals surface area contributed by atoms with Crippen molar-refractivity contribution in [2.24, 2.45) is 0 Å². The van der Waals surface area contributed by atoms with Crippen molar-refractivity contribution in [3.8, 4) is 5.75 Å². The van der Waals surface area contributed by atoms with Crippen LogP contribution in [0.5, 0.6) is 5.75 Å². The molecule has 122 valence electrons. The fourth-order valence-electron chi connectivity index (χ4n) is 1.89. The van der Waals surface area contributed by atoms with Crippen LogP contribution in [0.2, 0.25) is 0 Å². The summed E-state index contributed by atoms with van der Waals surface area (Å²) in [6, 6.07) is 6.83. The Bertz CT molecular complexity index is 844. The first kappa shape index (κ1) is 16.7. The van der Waals surface area contributed by atoms with Gasteiger partial charge in [0.15, 0.2) is 0 Å². The molecule has 9 heteroatoms. The number of nitrogens with one attached hydrogen (secondary N) is 1. The SMILES string of the molecule is COc1ccccc1S(=O)(=O)Nc1cc(F)c(C(=O)O)c(F)c1. The lowest BCUT2D eigenvalue weighted by Gasteiger charge is -2.12. The van der Waals surface area contributed by atoms with Crippen molar-refractivity contribution in [2.75, 3.05) is 11.8 Å². The van der Waals surface area contributed by atoms with Crippen LogP contribution in [0, 0.1) is 11.6 Å². The summed E-state index contributed by atoms with van der Waals surface area (Å²) in [5.41, 5.74) is -1.61. The van der Waals surface area contributed by atoms with Gasteiger partial charge in [-0.3, -0.25) is 4.72 Å². The molecule has 2 aromatic rings. The van der Waals surface area contributed by atoms with E-state index in [0.717, 1.165) is 0 Å². The monoisotopic (exact) mass is 343 g/mol. The number of anilines is 1. The van der Waals surface area contributed by atoms with Gasteiger partial charge in [0, 0.05) is 0 Å². The van der Waals surface area contributed by atoms with Gasteiger partial charge in [0.2, 0.25) is 0 Å². The third-order valence-electron chi connectivity index (χ3n) is 2.87. The third-order valence-corrected chi connectivity index (χ3v) is 4.29. The zero-order valence-corrected chi connectivity index (χ0v) is 12.5. The van der Waals surface area contributed by atoms with Gasteiger partial charge in [0.1, 0.15) is 27.8 Å². The number of aromatic carboxylic acids is 1. The van der Waals surface area contributed by atoms with Gasteiger partial charge >= 0.3 is 5.97 Å². The fraction of sp³-hybridized carbons (Fsp3) is 0.0714. The highest BCUT2D eigenvalue weighted by Gasteiger charge is 2.22. The van der Waals surface area contributed by atoms with Gasteiger partial charge in [-0.1, -0.05) is 12.1 Å². The predicted molar refractivity (Wildman–Crippen MR) is 77.1 cm³/mol. The van der Waals surface area contributed by atoms with Crippen LogP contribution in [0.1, 0.15) is 10.4 Å². The standard InChI is InChI=1S/C14H11F2NO5S/c1-22-11-4-2-3-5-12(11)23(20,21)17-8-6-9(15)13(14(18)19)10(16)7-8/h2-7,17H,1H3,(H,18,19). The lowest BCUT2D eigenvalue weighted by molar-refractivity contribution is 0.0686. The van der Waals surface area contributed by atoms with Gasteiger partial charge in [-0.15, -0.1) is 0 Å². The van der Waals surface area contributed by atoms with Crippen LogP contribution in [-0.4, -0.2) is 26.6 Å². The molecule has 2 rings (SSSR count). The molecule has 0 aliphatic carbocycles. The van der Waals surface area contributed by atoms with Crippen LogP contribution in [0.25, 0.3) is 0 Å². The first-order valence-electron chi connectivity index (χ1n) is 6.14. The molecule has 0 bridgehead atoms. The number of rotatable bonds is 5. The van der Waals surface area contributed by atoms with Gasteiger partial charge < -0.3 is 9.84 Å². The number of halogens is 2. The van der Waals surface area contributed by atoms with Crippen molar-refractivity contribution in [3.05, 3.63) is 53.6 Å². The minimum atomic E-state index is -4.18. The fourth-order valence-corrected chi connectivity index (χ4v) is 3.10. The molecule has 2 N–H and O–H groups in total. The molecule has 0 fully saturated rings. The largest absolute Gasteiger partial charge is 0.495 e. The number of methoxy groups -OCH3 is 1. The smallest absolute Gasteiger partial charge is 0.341 e. The molecule has 0 aromatic heterocycles. The number of benzene rings is 2. The molecule has 0 heterocycles. The van der Waals surface area contributed by atoms with Gasteiger partial charge in [-0.05, 0) is 24.3 Å². The van der Waals surface area contributed by atoms with E-state index in [9.17, 15) is 22.0 Å². The number of para-hydroxylation sites is 1. The second kappa shape index (κ2) is 6.21. The maximum absolute atomic E-state index is 13.6. The second-order valence-corrected chi connectivity index (χ2v) is 6.03. The van der Waals surface area contributed by atoms with E-state index < -0.39 is 38.9 Å².